The molecule has 0 fully saturated rings. The third-order valence-electron chi connectivity index (χ3n) is 2.66. The molecular formula is C12H16N4O2. The summed E-state index contributed by atoms with van der Waals surface area (Å²) in [6.45, 7) is 4.41. The van der Waals surface area contributed by atoms with E-state index in [-0.39, 0.29) is 11.7 Å². The summed E-state index contributed by atoms with van der Waals surface area (Å²) in [4.78, 5) is 19.8. The summed E-state index contributed by atoms with van der Waals surface area (Å²) < 4.78 is 6.58. The molecule has 2 aromatic rings. The van der Waals surface area contributed by atoms with Crippen molar-refractivity contribution < 1.29 is 4.42 Å². The van der Waals surface area contributed by atoms with Gasteiger partial charge in [0.1, 0.15) is 12.1 Å². The fourth-order valence-electron chi connectivity index (χ4n) is 1.43. The lowest BCUT2D eigenvalue weighted by molar-refractivity contribution is 0.485. The molecule has 0 aliphatic carbocycles. The maximum atomic E-state index is 11.8. The normalized spacial score (nSPS) is 12.3. The van der Waals surface area contributed by atoms with Gasteiger partial charge in [0.25, 0.3) is 0 Å². The Morgan fingerprint density at radius 3 is 3.00 bits per heavy atom. The Hall–Kier alpha value is -2.11. The fourth-order valence-corrected chi connectivity index (χ4v) is 1.43. The molecule has 0 aromatic carbocycles. The van der Waals surface area contributed by atoms with Gasteiger partial charge in [-0.05, 0) is 25.5 Å². The first-order valence-corrected chi connectivity index (χ1v) is 5.91. The van der Waals surface area contributed by atoms with Gasteiger partial charge in [0.15, 0.2) is 0 Å². The number of furan rings is 1. The zero-order chi connectivity index (χ0) is 13.0. The van der Waals surface area contributed by atoms with E-state index in [1.54, 1.807) is 18.4 Å². The van der Waals surface area contributed by atoms with Gasteiger partial charge in [-0.1, -0.05) is 6.92 Å². The second-order valence-corrected chi connectivity index (χ2v) is 4.12. The second kappa shape index (κ2) is 5.48. The van der Waals surface area contributed by atoms with Crippen LogP contribution in [0.1, 0.15) is 26.0 Å². The summed E-state index contributed by atoms with van der Waals surface area (Å²) in [7, 11) is 0. The van der Waals surface area contributed by atoms with E-state index in [1.165, 1.54) is 10.9 Å². The predicted octanol–water partition coefficient (Wildman–Crippen LogP) is 1.49. The molecule has 0 aliphatic rings. The van der Waals surface area contributed by atoms with Gasteiger partial charge in [0.05, 0.1) is 12.8 Å². The molecule has 0 aliphatic heterocycles. The van der Waals surface area contributed by atoms with Crippen LogP contribution in [0.15, 0.2) is 33.9 Å². The number of nitrogens with one attached hydrogen (secondary N) is 1. The van der Waals surface area contributed by atoms with Crippen LogP contribution in [0.4, 0.5) is 5.95 Å². The van der Waals surface area contributed by atoms with Crippen LogP contribution in [0.2, 0.25) is 0 Å². The smallest absolute Gasteiger partial charge is 0.352 e. The monoisotopic (exact) mass is 248 g/mol. The van der Waals surface area contributed by atoms with Crippen LogP contribution in [0, 0.1) is 0 Å². The minimum absolute atomic E-state index is 0.241. The number of hydrogen-bond donors (Lipinski definition) is 1. The summed E-state index contributed by atoms with van der Waals surface area (Å²) >= 11 is 0. The Bertz CT molecular complexity index is 547. The van der Waals surface area contributed by atoms with E-state index >= 15 is 0 Å². The third kappa shape index (κ3) is 2.97. The van der Waals surface area contributed by atoms with Gasteiger partial charge in [-0.2, -0.15) is 4.98 Å². The minimum atomic E-state index is -0.341. The number of hydrogen-bond acceptors (Lipinski definition) is 5. The minimum Gasteiger partial charge on any atom is -0.467 e. The highest BCUT2D eigenvalue weighted by molar-refractivity contribution is 5.22. The Balaban J connectivity index is 2.13. The summed E-state index contributed by atoms with van der Waals surface area (Å²) in [6, 6.07) is 3.82. The van der Waals surface area contributed by atoms with Crippen molar-refractivity contribution in [1.29, 1.82) is 0 Å². The zero-order valence-electron chi connectivity index (χ0n) is 10.5. The van der Waals surface area contributed by atoms with Crippen molar-refractivity contribution in [2.24, 2.45) is 0 Å². The van der Waals surface area contributed by atoms with Gasteiger partial charge in [-0.25, -0.2) is 9.78 Å². The van der Waals surface area contributed by atoms with Crippen molar-refractivity contribution >= 4 is 5.95 Å². The number of nitrogens with zero attached hydrogens (tertiary/aromatic N) is 3. The first kappa shape index (κ1) is 12.3. The SMILES string of the molecule is CCC(C)Nc1ncn(Cc2ccco2)c(=O)n1. The first-order valence-electron chi connectivity index (χ1n) is 5.91. The summed E-state index contributed by atoms with van der Waals surface area (Å²) in [6.07, 6.45) is 3.99. The molecule has 2 rings (SSSR count). The molecular weight excluding hydrogens is 232 g/mol. The number of anilines is 1. The van der Waals surface area contributed by atoms with Crippen LogP contribution < -0.4 is 11.0 Å². The Morgan fingerprint density at radius 2 is 2.39 bits per heavy atom. The molecule has 0 saturated carbocycles. The first-order chi connectivity index (χ1) is 8.69. The highest BCUT2D eigenvalue weighted by Crippen LogP contribution is 2.02. The molecule has 6 heteroatoms. The molecule has 0 amide bonds. The second-order valence-electron chi connectivity index (χ2n) is 4.12. The molecule has 6 nitrogen and oxygen atoms in total. The quantitative estimate of drug-likeness (QED) is 0.867. The summed E-state index contributed by atoms with van der Waals surface area (Å²) in [5.41, 5.74) is -0.341. The zero-order valence-corrected chi connectivity index (χ0v) is 10.5. The van der Waals surface area contributed by atoms with Gasteiger partial charge < -0.3 is 9.73 Å². The van der Waals surface area contributed by atoms with E-state index in [0.717, 1.165) is 6.42 Å². The van der Waals surface area contributed by atoms with Crippen molar-refractivity contribution in [3.63, 3.8) is 0 Å². The average Bonchev–Trinajstić information content (AvgIpc) is 2.85. The lowest BCUT2D eigenvalue weighted by Crippen LogP contribution is -2.27. The van der Waals surface area contributed by atoms with Crippen LogP contribution in [-0.2, 0) is 6.54 Å². The van der Waals surface area contributed by atoms with Crippen molar-refractivity contribution in [3.05, 3.63) is 41.0 Å². The lowest BCUT2D eigenvalue weighted by Gasteiger charge is -2.11. The van der Waals surface area contributed by atoms with Crippen LogP contribution >= 0.6 is 0 Å². The Labute approximate surface area is 105 Å². The maximum absolute atomic E-state index is 11.8. The standard InChI is InChI=1S/C12H16N4O2/c1-3-9(2)14-11-13-8-16(12(17)15-11)7-10-5-4-6-18-10/h4-6,8-9H,3,7H2,1-2H3,(H,14,15,17). The van der Waals surface area contributed by atoms with Crippen LogP contribution in [0.25, 0.3) is 0 Å². The maximum Gasteiger partial charge on any atom is 0.352 e. The average molecular weight is 248 g/mol. The molecule has 0 radical (unpaired) electrons. The molecule has 2 heterocycles. The summed E-state index contributed by atoms with van der Waals surface area (Å²) in [5, 5.41) is 3.06. The van der Waals surface area contributed by atoms with Crippen molar-refractivity contribution in [3.8, 4) is 0 Å². The molecule has 1 atom stereocenters. The Morgan fingerprint density at radius 1 is 1.56 bits per heavy atom. The van der Waals surface area contributed by atoms with Gasteiger partial charge >= 0.3 is 5.69 Å². The van der Waals surface area contributed by atoms with Crippen molar-refractivity contribution in [2.45, 2.75) is 32.9 Å². The van der Waals surface area contributed by atoms with Crippen LogP contribution in [0.3, 0.4) is 0 Å². The van der Waals surface area contributed by atoms with Gasteiger partial charge in [0.2, 0.25) is 5.95 Å². The van der Waals surface area contributed by atoms with Gasteiger partial charge in [0, 0.05) is 6.04 Å². The molecule has 18 heavy (non-hydrogen) atoms. The molecule has 96 valence electrons. The fraction of sp³-hybridized carbons (Fsp3) is 0.417. The third-order valence-corrected chi connectivity index (χ3v) is 2.66. The van der Waals surface area contributed by atoms with Crippen LogP contribution in [0.5, 0.6) is 0 Å². The lowest BCUT2D eigenvalue weighted by atomic mass is 10.3. The van der Waals surface area contributed by atoms with E-state index < -0.39 is 0 Å². The highest BCUT2D eigenvalue weighted by atomic mass is 16.3. The van der Waals surface area contributed by atoms with Crippen molar-refractivity contribution in [1.82, 2.24) is 14.5 Å². The highest BCUT2D eigenvalue weighted by Gasteiger charge is 2.05. The van der Waals surface area contributed by atoms with Gasteiger partial charge in [-0.15, -0.1) is 0 Å². The molecule has 2 aromatic heterocycles. The molecule has 1 N–H and O–H groups in total. The number of aromatic nitrogens is 3. The van der Waals surface area contributed by atoms with E-state index in [0.29, 0.717) is 18.3 Å². The van der Waals surface area contributed by atoms with E-state index in [4.69, 9.17) is 4.42 Å². The van der Waals surface area contributed by atoms with E-state index in [9.17, 15) is 4.79 Å². The largest absolute Gasteiger partial charge is 0.467 e. The van der Waals surface area contributed by atoms with Gasteiger partial charge in [-0.3, -0.25) is 4.57 Å². The molecule has 0 saturated heterocycles. The number of rotatable bonds is 5. The topological polar surface area (TPSA) is 73.0 Å². The predicted molar refractivity (Wildman–Crippen MR) is 67.5 cm³/mol. The van der Waals surface area contributed by atoms with E-state index in [2.05, 4.69) is 22.2 Å². The molecule has 0 spiro atoms. The summed E-state index contributed by atoms with van der Waals surface area (Å²) in [5.74, 6) is 1.06. The molecule has 0 bridgehead atoms. The molecule has 1 unspecified atom stereocenters. The van der Waals surface area contributed by atoms with Crippen molar-refractivity contribution in [2.75, 3.05) is 5.32 Å². The van der Waals surface area contributed by atoms with Crippen LogP contribution in [-0.4, -0.2) is 20.6 Å². The Kier molecular flexibility index (Phi) is 3.76. The van der Waals surface area contributed by atoms with E-state index in [1.807, 2.05) is 6.92 Å².